The Morgan fingerprint density at radius 1 is 1.06 bits per heavy atom. The fourth-order valence-corrected chi connectivity index (χ4v) is 5.51. The molecule has 2 aromatic heterocycles. The molecule has 0 spiro atoms. The SMILES string of the molecule is Cc1nc(N2CCC(C(=O)N3CCCCC3c3nccn3C)CC2)nc2ccc(C(C)C)cc12. The van der Waals surface area contributed by atoms with Gasteiger partial charge < -0.3 is 14.4 Å². The summed E-state index contributed by atoms with van der Waals surface area (Å²) in [5.41, 5.74) is 3.33. The minimum absolute atomic E-state index is 0.0623. The van der Waals surface area contributed by atoms with Crippen LogP contribution >= 0.6 is 0 Å². The molecule has 1 amide bonds. The number of fused-ring (bicyclic) bond motifs is 1. The molecule has 0 radical (unpaired) electrons. The molecule has 7 nitrogen and oxygen atoms in total. The van der Waals surface area contributed by atoms with E-state index in [0.717, 1.165) is 80.1 Å². The van der Waals surface area contributed by atoms with E-state index >= 15 is 0 Å². The van der Waals surface area contributed by atoms with Gasteiger partial charge in [0, 0.05) is 50.4 Å². The number of nitrogens with zero attached hydrogens (tertiary/aromatic N) is 6. The highest BCUT2D eigenvalue weighted by Gasteiger charge is 2.36. The molecule has 180 valence electrons. The lowest BCUT2D eigenvalue weighted by Crippen LogP contribution is -2.46. The maximum absolute atomic E-state index is 13.6. The minimum Gasteiger partial charge on any atom is -0.341 e. The van der Waals surface area contributed by atoms with Gasteiger partial charge in [0.25, 0.3) is 0 Å². The molecule has 2 saturated heterocycles. The van der Waals surface area contributed by atoms with Crippen molar-refractivity contribution in [3.63, 3.8) is 0 Å². The second kappa shape index (κ2) is 9.35. The summed E-state index contributed by atoms with van der Waals surface area (Å²) in [6.07, 6.45) is 8.72. The Balaban J connectivity index is 1.29. The number of carbonyl (C=O) groups excluding carboxylic acids is 1. The monoisotopic (exact) mass is 460 g/mol. The maximum atomic E-state index is 13.6. The molecule has 3 aromatic rings. The van der Waals surface area contributed by atoms with E-state index in [2.05, 4.69) is 58.3 Å². The van der Waals surface area contributed by atoms with Crippen LogP contribution in [-0.2, 0) is 11.8 Å². The predicted octanol–water partition coefficient (Wildman–Crippen LogP) is 4.77. The van der Waals surface area contributed by atoms with Gasteiger partial charge in [0.05, 0.1) is 17.3 Å². The fourth-order valence-electron chi connectivity index (χ4n) is 5.51. The van der Waals surface area contributed by atoms with Crippen LogP contribution in [-0.4, -0.2) is 50.0 Å². The van der Waals surface area contributed by atoms with E-state index in [1.54, 1.807) is 0 Å². The summed E-state index contributed by atoms with van der Waals surface area (Å²) in [6.45, 7) is 8.95. The molecule has 2 aliphatic rings. The molecule has 34 heavy (non-hydrogen) atoms. The standard InChI is InChI=1S/C27H36N6O/c1-18(2)21-8-9-23-22(17-21)19(3)29-27(30-23)32-14-10-20(11-15-32)26(34)33-13-6-5-7-24(33)25-28-12-16-31(25)4/h8-9,12,16-18,20,24H,5-7,10-11,13-15H2,1-4H3. The van der Waals surface area contributed by atoms with Crippen LogP contribution in [0.4, 0.5) is 5.95 Å². The molecule has 1 unspecified atom stereocenters. The van der Waals surface area contributed by atoms with Crippen molar-refractivity contribution in [1.29, 1.82) is 0 Å². The van der Waals surface area contributed by atoms with Crippen molar-refractivity contribution in [3.05, 3.63) is 47.7 Å². The summed E-state index contributed by atoms with van der Waals surface area (Å²) in [6, 6.07) is 6.61. The molecule has 0 saturated carbocycles. The van der Waals surface area contributed by atoms with Crippen LogP contribution in [0, 0.1) is 12.8 Å². The number of aryl methyl sites for hydroxylation is 2. The molecule has 4 heterocycles. The number of rotatable bonds is 4. The van der Waals surface area contributed by atoms with Gasteiger partial charge in [-0.05, 0) is 62.6 Å². The number of carbonyl (C=O) groups is 1. The molecule has 7 heteroatoms. The Morgan fingerprint density at radius 3 is 2.56 bits per heavy atom. The molecular weight excluding hydrogens is 424 g/mol. The van der Waals surface area contributed by atoms with E-state index in [1.807, 2.05) is 19.4 Å². The summed E-state index contributed by atoms with van der Waals surface area (Å²) in [7, 11) is 2.02. The average molecular weight is 461 g/mol. The van der Waals surface area contributed by atoms with Gasteiger partial charge in [-0.1, -0.05) is 19.9 Å². The van der Waals surface area contributed by atoms with E-state index in [1.165, 1.54) is 5.56 Å². The van der Waals surface area contributed by atoms with Crippen molar-refractivity contribution in [2.45, 2.75) is 64.8 Å². The zero-order valence-electron chi connectivity index (χ0n) is 20.9. The van der Waals surface area contributed by atoms with E-state index < -0.39 is 0 Å². The summed E-state index contributed by atoms with van der Waals surface area (Å²) in [5.74, 6) is 2.64. The van der Waals surface area contributed by atoms with Gasteiger partial charge in [-0.25, -0.2) is 15.0 Å². The van der Waals surface area contributed by atoms with Crippen molar-refractivity contribution in [1.82, 2.24) is 24.4 Å². The van der Waals surface area contributed by atoms with Crippen molar-refractivity contribution in [2.24, 2.45) is 13.0 Å². The molecule has 2 fully saturated rings. The molecule has 0 aliphatic carbocycles. The summed E-state index contributed by atoms with van der Waals surface area (Å²) < 4.78 is 2.06. The van der Waals surface area contributed by atoms with Crippen molar-refractivity contribution in [3.8, 4) is 0 Å². The zero-order valence-corrected chi connectivity index (χ0v) is 20.9. The van der Waals surface area contributed by atoms with E-state index in [9.17, 15) is 4.79 Å². The molecule has 5 rings (SSSR count). The molecule has 2 aliphatic heterocycles. The van der Waals surface area contributed by atoms with E-state index in [-0.39, 0.29) is 12.0 Å². The normalized spacial score (nSPS) is 19.9. The second-order valence-electron chi connectivity index (χ2n) is 10.2. The number of imidazole rings is 1. The van der Waals surface area contributed by atoms with Gasteiger partial charge >= 0.3 is 0 Å². The second-order valence-corrected chi connectivity index (χ2v) is 10.2. The number of aromatic nitrogens is 4. The van der Waals surface area contributed by atoms with Crippen LogP contribution in [0.5, 0.6) is 0 Å². The lowest BCUT2D eigenvalue weighted by atomic mass is 9.92. The summed E-state index contributed by atoms with van der Waals surface area (Å²) in [4.78, 5) is 32.2. The zero-order chi connectivity index (χ0) is 23.8. The highest BCUT2D eigenvalue weighted by Crippen LogP contribution is 2.33. The summed E-state index contributed by atoms with van der Waals surface area (Å²) in [5, 5.41) is 1.13. The first-order valence-electron chi connectivity index (χ1n) is 12.7. The number of anilines is 1. The first kappa shape index (κ1) is 22.8. The van der Waals surface area contributed by atoms with Crippen LogP contribution in [0.15, 0.2) is 30.6 Å². The Kier molecular flexibility index (Phi) is 6.28. The number of benzene rings is 1. The lowest BCUT2D eigenvalue weighted by Gasteiger charge is -2.39. The Bertz CT molecular complexity index is 1180. The lowest BCUT2D eigenvalue weighted by molar-refractivity contribution is -0.140. The number of amides is 1. The van der Waals surface area contributed by atoms with Crippen molar-refractivity contribution >= 4 is 22.8 Å². The average Bonchev–Trinajstić information content (AvgIpc) is 3.29. The molecule has 1 atom stereocenters. The van der Waals surface area contributed by atoms with Gasteiger partial charge in [0.2, 0.25) is 11.9 Å². The van der Waals surface area contributed by atoms with E-state index in [0.29, 0.717) is 11.8 Å². The summed E-state index contributed by atoms with van der Waals surface area (Å²) >= 11 is 0. The molecule has 1 aromatic carbocycles. The Morgan fingerprint density at radius 2 is 1.85 bits per heavy atom. The van der Waals surface area contributed by atoms with Gasteiger partial charge in [-0.3, -0.25) is 4.79 Å². The smallest absolute Gasteiger partial charge is 0.226 e. The number of hydrogen-bond acceptors (Lipinski definition) is 5. The minimum atomic E-state index is 0.0623. The maximum Gasteiger partial charge on any atom is 0.226 e. The van der Waals surface area contributed by atoms with Gasteiger partial charge in [0.15, 0.2) is 0 Å². The van der Waals surface area contributed by atoms with Crippen LogP contribution < -0.4 is 4.90 Å². The first-order valence-corrected chi connectivity index (χ1v) is 12.7. The van der Waals surface area contributed by atoms with E-state index in [4.69, 9.17) is 9.97 Å². The molecule has 0 N–H and O–H groups in total. The third-order valence-electron chi connectivity index (χ3n) is 7.63. The third-order valence-corrected chi connectivity index (χ3v) is 7.63. The van der Waals surface area contributed by atoms with Crippen LogP contribution in [0.25, 0.3) is 10.9 Å². The molecule has 0 bridgehead atoms. The van der Waals surface area contributed by atoms with Crippen LogP contribution in [0.3, 0.4) is 0 Å². The number of likely N-dealkylation sites (tertiary alicyclic amines) is 1. The predicted molar refractivity (Wildman–Crippen MR) is 135 cm³/mol. The topological polar surface area (TPSA) is 67.2 Å². The third kappa shape index (κ3) is 4.28. The van der Waals surface area contributed by atoms with Crippen molar-refractivity contribution in [2.75, 3.05) is 24.5 Å². The fraction of sp³-hybridized carbons (Fsp3) is 0.556. The van der Waals surface area contributed by atoms with Gasteiger partial charge in [0.1, 0.15) is 5.82 Å². The Hall–Kier alpha value is -2.96. The first-order chi connectivity index (χ1) is 16.4. The largest absolute Gasteiger partial charge is 0.341 e. The number of hydrogen-bond donors (Lipinski definition) is 0. The Labute approximate surface area is 202 Å². The van der Waals surface area contributed by atoms with Gasteiger partial charge in [-0.2, -0.15) is 0 Å². The van der Waals surface area contributed by atoms with Crippen LogP contribution in [0.1, 0.15) is 75.0 Å². The van der Waals surface area contributed by atoms with Gasteiger partial charge in [-0.15, -0.1) is 0 Å². The van der Waals surface area contributed by atoms with Crippen molar-refractivity contribution < 1.29 is 4.79 Å². The number of piperidine rings is 2. The highest BCUT2D eigenvalue weighted by atomic mass is 16.2. The van der Waals surface area contributed by atoms with Crippen LogP contribution in [0.2, 0.25) is 0 Å². The highest BCUT2D eigenvalue weighted by molar-refractivity contribution is 5.83. The molecular formula is C27H36N6O. The quantitative estimate of drug-likeness (QED) is 0.561.